The van der Waals surface area contributed by atoms with Gasteiger partial charge in [0.25, 0.3) is 0 Å². The molecule has 1 aliphatic rings. The first-order chi connectivity index (χ1) is 28.7. The van der Waals surface area contributed by atoms with Crippen LogP contribution in [0.3, 0.4) is 0 Å². The highest BCUT2D eigenvalue weighted by Gasteiger charge is 2.28. The van der Waals surface area contributed by atoms with E-state index >= 15 is 0 Å². The Labute approximate surface area is 333 Å². The fourth-order valence-corrected chi connectivity index (χ4v) is 9.13. The van der Waals surface area contributed by atoms with Crippen LogP contribution in [0.4, 0.5) is 0 Å². The van der Waals surface area contributed by atoms with Gasteiger partial charge in [0.15, 0.2) is 11.4 Å². The third-order valence-electron chi connectivity index (χ3n) is 11.7. The molecule has 0 spiro atoms. The van der Waals surface area contributed by atoms with Gasteiger partial charge in [0, 0.05) is 54.7 Å². The van der Waals surface area contributed by atoms with Crippen molar-refractivity contribution >= 4 is 77.1 Å². The molecule has 0 N–H and O–H groups in total. The van der Waals surface area contributed by atoms with Crippen LogP contribution in [-0.4, -0.2) is 20.7 Å². The molecule has 8 aromatic carbocycles. The molecule has 0 aliphatic carbocycles. The highest BCUT2D eigenvalue weighted by atomic mass is 16.3. The van der Waals surface area contributed by atoms with E-state index in [1.165, 1.54) is 27.1 Å². The summed E-state index contributed by atoms with van der Waals surface area (Å²) in [6.45, 7) is 4.58. The molecule has 272 valence electrons. The van der Waals surface area contributed by atoms with Gasteiger partial charge >= 0.3 is 0 Å². The lowest BCUT2D eigenvalue weighted by atomic mass is 9.91. The van der Waals surface area contributed by atoms with E-state index in [-0.39, 0.29) is 6.04 Å². The molecule has 0 amide bonds. The molecule has 0 radical (unpaired) electrons. The number of hydrogen-bond acceptors (Lipinski definition) is 3. The molecular weight excluding hydrogens is 709 g/mol. The number of aromatic nitrogens is 2. The molecule has 12 rings (SSSR count). The molecule has 0 saturated heterocycles. The van der Waals surface area contributed by atoms with E-state index in [1.54, 1.807) is 0 Å². The molecule has 5 nitrogen and oxygen atoms in total. The van der Waals surface area contributed by atoms with Gasteiger partial charge in [0.05, 0.1) is 33.5 Å². The second-order valence-corrected chi connectivity index (χ2v) is 15.0. The van der Waals surface area contributed by atoms with Crippen molar-refractivity contribution in [3.63, 3.8) is 0 Å². The molecule has 58 heavy (non-hydrogen) atoms. The van der Waals surface area contributed by atoms with E-state index in [4.69, 9.17) is 14.4 Å². The van der Waals surface area contributed by atoms with Gasteiger partial charge in [-0.05, 0) is 42.0 Å². The summed E-state index contributed by atoms with van der Waals surface area (Å²) >= 11 is 0. The summed E-state index contributed by atoms with van der Waals surface area (Å²) in [7, 11) is 0. The van der Waals surface area contributed by atoms with Gasteiger partial charge in [0.1, 0.15) is 11.6 Å². The van der Waals surface area contributed by atoms with E-state index in [9.17, 15) is 0 Å². The second kappa shape index (κ2) is 12.6. The fourth-order valence-electron chi connectivity index (χ4n) is 9.13. The highest BCUT2D eigenvalue weighted by molar-refractivity contribution is 6.25. The number of aliphatic imine (C=N–C) groups is 2. The van der Waals surface area contributed by atoms with E-state index < -0.39 is 0 Å². The minimum Gasteiger partial charge on any atom is -0.454 e. The van der Waals surface area contributed by atoms with Crippen LogP contribution < -0.4 is 0 Å². The minimum atomic E-state index is -0.342. The summed E-state index contributed by atoms with van der Waals surface area (Å²) in [5.74, 6) is 0.689. The van der Waals surface area contributed by atoms with Crippen LogP contribution >= 0.6 is 0 Å². The molecule has 0 saturated carbocycles. The van der Waals surface area contributed by atoms with Gasteiger partial charge in [-0.2, -0.15) is 0 Å². The number of fused-ring (bicyclic) bond motifs is 10. The van der Waals surface area contributed by atoms with Crippen molar-refractivity contribution in [1.29, 1.82) is 0 Å². The zero-order valence-corrected chi connectivity index (χ0v) is 31.4. The van der Waals surface area contributed by atoms with Gasteiger partial charge in [-0.1, -0.05) is 158 Å². The van der Waals surface area contributed by atoms with Crippen molar-refractivity contribution < 1.29 is 4.42 Å². The van der Waals surface area contributed by atoms with Crippen LogP contribution in [0, 0.1) is 0 Å². The normalized spacial score (nSPS) is 14.6. The smallest absolute Gasteiger partial charge is 0.159 e. The maximum atomic E-state index is 7.04. The molecule has 0 bridgehead atoms. The van der Waals surface area contributed by atoms with Crippen molar-refractivity contribution in [1.82, 2.24) is 9.13 Å². The van der Waals surface area contributed by atoms with E-state index in [0.717, 1.165) is 77.8 Å². The molecule has 5 heteroatoms. The van der Waals surface area contributed by atoms with Crippen molar-refractivity contribution in [3.05, 3.63) is 217 Å². The monoisotopic (exact) mass is 742 g/mol. The molecule has 11 aromatic rings. The number of para-hydroxylation sites is 4. The average molecular weight is 743 g/mol. The average Bonchev–Trinajstić information content (AvgIpc) is 3.95. The van der Waals surface area contributed by atoms with Gasteiger partial charge in [0.2, 0.25) is 0 Å². The number of furan rings is 1. The molecule has 3 aromatic heterocycles. The lowest BCUT2D eigenvalue weighted by Gasteiger charge is -2.24. The predicted molar refractivity (Wildman–Crippen MR) is 240 cm³/mol. The second-order valence-electron chi connectivity index (χ2n) is 15.0. The molecule has 0 fully saturated rings. The Balaban J connectivity index is 1.10. The zero-order chi connectivity index (χ0) is 38.3. The largest absolute Gasteiger partial charge is 0.454 e. The standard InChI is InChI=1S/C53H34N4O/c1-33-48(34-16-5-2-6-17-34)54-53(35-18-7-3-8-19-35)55-49(33)36-28-29-40-43-24-15-27-46(52(43)58-47(40)32-36)57-45-26-14-12-23-39(45)42-31-30-41-38-22-11-13-25-44(38)56(50(41)51(42)57)37-20-9-4-10-21-37/h2-32,49H,1H2. The fraction of sp³-hybridized carbons (Fsp3) is 0.0189. The summed E-state index contributed by atoms with van der Waals surface area (Å²) in [6.07, 6.45) is 0. The molecule has 1 aliphatic heterocycles. The number of amidine groups is 1. The summed E-state index contributed by atoms with van der Waals surface area (Å²) < 4.78 is 11.9. The number of rotatable bonds is 5. The molecule has 1 unspecified atom stereocenters. The van der Waals surface area contributed by atoms with Gasteiger partial charge in [-0.15, -0.1) is 0 Å². The van der Waals surface area contributed by atoms with Gasteiger partial charge in [-0.25, -0.2) is 4.99 Å². The van der Waals surface area contributed by atoms with Crippen molar-refractivity contribution in [2.75, 3.05) is 0 Å². The Bertz CT molecular complexity index is 3510. The van der Waals surface area contributed by atoms with E-state index in [1.807, 2.05) is 36.4 Å². The molecular formula is C53H34N4O. The van der Waals surface area contributed by atoms with Crippen LogP contribution in [0.25, 0.3) is 76.9 Å². The van der Waals surface area contributed by atoms with Crippen LogP contribution in [0.15, 0.2) is 215 Å². The maximum Gasteiger partial charge on any atom is 0.159 e. The Morgan fingerprint density at radius 2 is 1.05 bits per heavy atom. The third-order valence-corrected chi connectivity index (χ3v) is 11.7. The number of nitrogens with zero attached hydrogens (tertiary/aromatic N) is 4. The van der Waals surface area contributed by atoms with Crippen LogP contribution in [-0.2, 0) is 0 Å². The molecule has 1 atom stereocenters. The first kappa shape index (κ1) is 32.5. The lowest BCUT2D eigenvalue weighted by molar-refractivity contribution is 0.665. The summed E-state index contributed by atoms with van der Waals surface area (Å²) in [5, 5.41) is 6.92. The highest BCUT2D eigenvalue weighted by Crippen LogP contribution is 2.44. The van der Waals surface area contributed by atoms with Crippen molar-refractivity contribution in [2.45, 2.75) is 6.04 Å². The van der Waals surface area contributed by atoms with Crippen LogP contribution in [0.2, 0.25) is 0 Å². The quantitative estimate of drug-likeness (QED) is 0.173. The van der Waals surface area contributed by atoms with Crippen LogP contribution in [0.1, 0.15) is 22.7 Å². The summed E-state index contributed by atoms with van der Waals surface area (Å²) in [6, 6.07) is 65.8. The molecule has 4 heterocycles. The topological polar surface area (TPSA) is 47.7 Å². The number of benzene rings is 8. The Kier molecular flexibility index (Phi) is 7.07. The SMILES string of the molecule is C=C1C(c2ccccc2)=NC(c2ccccc2)=NC1c1ccc2c(c1)oc1c(-n3c4ccccc4c4ccc5c6ccccc6n(-c6ccccc6)c5c43)cccc12. The van der Waals surface area contributed by atoms with E-state index in [0.29, 0.717) is 5.84 Å². The zero-order valence-electron chi connectivity index (χ0n) is 31.4. The summed E-state index contributed by atoms with van der Waals surface area (Å²) in [4.78, 5) is 10.3. The van der Waals surface area contributed by atoms with Crippen molar-refractivity contribution in [3.8, 4) is 11.4 Å². The Morgan fingerprint density at radius 1 is 0.483 bits per heavy atom. The van der Waals surface area contributed by atoms with Gasteiger partial charge in [-0.3, -0.25) is 4.99 Å². The summed E-state index contributed by atoms with van der Waals surface area (Å²) in [5.41, 5.74) is 13.0. The predicted octanol–water partition coefficient (Wildman–Crippen LogP) is 13.3. The van der Waals surface area contributed by atoms with Gasteiger partial charge < -0.3 is 13.6 Å². The van der Waals surface area contributed by atoms with Crippen LogP contribution in [0.5, 0.6) is 0 Å². The first-order valence-electron chi connectivity index (χ1n) is 19.6. The van der Waals surface area contributed by atoms with Crippen molar-refractivity contribution in [2.24, 2.45) is 9.98 Å². The number of hydrogen-bond donors (Lipinski definition) is 0. The minimum absolute atomic E-state index is 0.342. The first-order valence-corrected chi connectivity index (χ1v) is 19.6. The third kappa shape index (κ3) is 4.77. The Hall–Kier alpha value is -7.76. The van der Waals surface area contributed by atoms with E-state index in [2.05, 4.69) is 167 Å². The Morgan fingerprint density at radius 3 is 1.76 bits per heavy atom. The lowest BCUT2D eigenvalue weighted by Crippen LogP contribution is -2.20. The maximum absolute atomic E-state index is 7.04.